The molecule has 0 saturated heterocycles. The van der Waals surface area contributed by atoms with Crippen LogP contribution in [0.15, 0.2) is 315 Å². The predicted octanol–water partition coefficient (Wildman–Crippen LogP) is 20.6. The minimum absolute atomic E-state index is 0.00606. The maximum Gasteiger partial charge on any atom is 0.193 e. The van der Waals surface area contributed by atoms with E-state index in [-0.39, 0.29) is 5.78 Å². The molecule has 0 N–H and O–H groups in total. The Morgan fingerprint density at radius 3 is 1.20 bits per heavy atom. The maximum absolute atomic E-state index is 16.1. The molecule has 402 valence electrons. The summed E-state index contributed by atoms with van der Waals surface area (Å²) in [6.07, 6.45) is 4.20. The van der Waals surface area contributed by atoms with Crippen molar-refractivity contribution in [3.8, 4) is 33.4 Å². The Bertz CT molecular complexity index is 5040. The second kappa shape index (κ2) is 18.6. The van der Waals surface area contributed by atoms with Gasteiger partial charge < -0.3 is 9.80 Å². The SMILES string of the molecule is O=C(c1ccc2c(c1)C1(C3=C(CCC(N(c4ccccc4)c4ccc5ccccc5c4)=C3)c3ccc(N(c4ccccc4)c4ccc5ccccc5c4)cc31)c1ccccc1-2)c1ccc2c(c1)C1(c3ccccc3-c3ccccc31)c1ccccc1-2. The number of ketones is 1. The summed E-state index contributed by atoms with van der Waals surface area (Å²) in [6, 6.07) is 109. The van der Waals surface area contributed by atoms with E-state index in [1.54, 1.807) is 0 Å². The minimum Gasteiger partial charge on any atom is -0.314 e. The fourth-order valence-electron chi connectivity index (χ4n) is 16.0. The topological polar surface area (TPSA) is 23.6 Å². The number of hydrogen-bond donors (Lipinski definition) is 0. The zero-order valence-electron chi connectivity index (χ0n) is 47.1. The number of carbonyl (C=O) groups excluding carboxylic acids is 1. The lowest BCUT2D eigenvalue weighted by molar-refractivity contribution is 0.103. The van der Waals surface area contributed by atoms with E-state index in [1.165, 1.54) is 99.6 Å². The van der Waals surface area contributed by atoms with Crippen LogP contribution in [0.5, 0.6) is 0 Å². The molecule has 3 heteroatoms. The lowest BCUT2D eigenvalue weighted by Crippen LogP contribution is -2.29. The van der Waals surface area contributed by atoms with Crippen molar-refractivity contribution in [3.05, 3.63) is 370 Å². The van der Waals surface area contributed by atoms with E-state index in [9.17, 15) is 0 Å². The molecule has 0 saturated carbocycles. The van der Waals surface area contributed by atoms with Crippen LogP contribution in [-0.2, 0) is 10.8 Å². The van der Waals surface area contributed by atoms with Crippen molar-refractivity contribution in [1.29, 1.82) is 0 Å². The molecule has 1 unspecified atom stereocenters. The van der Waals surface area contributed by atoms with Crippen LogP contribution in [0.3, 0.4) is 0 Å². The molecule has 13 aromatic carbocycles. The largest absolute Gasteiger partial charge is 0.314 e. The van der Waals surface area contributed by atoms with Gasteiger partial charge in [0.05, 0.1) is 10.8 Å². The summed E-state index contributed by atoms with van der Waals surface area (Å²) >= 11 is 0. The molecule has 13 aromatic rings. The van der Waals surface area contributed by atoms with E-state index in [0.29, 0.717) is 11.1 Å². The first-order valence-electron chi connectivity index (χ1n) is 30.1. The number of allylic oxidation sites excluding steroid dienone is 4. The molecule has 0 amide bonds. The third-order valence-electron chi connectivity index (χ3n) is 19.5. The fraction of sp³-hybridized carbons (Fsp3) is 0.0482. The van der Waals surface area contributed by atoms with Crippen molar-refractivity contribution >= 4 is 61.3 Å². The normalized spacial score (nSPS) is 15.8. The summed E-state index contributed by atoms with van der Waals surface area (Å²) in [4.78, 5) is 21.0. The summed E-state index contributed by atoms with van der Waals surface area (Å²) in [5, 5.41) is 4.80. The number of para-hydroxylation sites is 2. The van der Waals surface area contributed by atoms with Gasteiger partial charge in [-0.05, 0) is 202 Å². The van der Waals surface area contributed by atoms with Crippen LogP contribution in [0.4, 0.5) is 28.4 Å². The van der Waals surface area contributed by atoms with Gasteiger partial charge in [0.15, 0.2) is 5.78 Å². The molecule has 5 aliphatic carbocycles. The van der Waals surface area contributed by atoms with Gasteiger partial charge in [0.2, 0.25) is 0 Å². The molecule has 0 aliphatic heterocycles. The molecule has 0 aromatic heterocycles. The first-order valence-corrected chi connectivity index (χ1v) is 30.1. The van der Waals surface area contributed by atoms with Crippen LogP contribution < -0.4 is 9.80 Å². The molecular formula is C83H54N2O. The monoisotopic (exact) mass is 1090 g/mol. The number of carbonyl (C=O) groups is 1. The lowest BCUT2D eigenvalue weighted by Gasteiger charge is -2.36. The van der Waals surface area contributed by atoms with Gasteiger partial charge in [-0.3, -0.25) is 4.79 Å². The molecule has 5 aliphatic rings. The van der Waals surface area contributed by atoms with E-state index in [4.69, 9.17) is 0 Å². The standard InChI is InChI=1S/C83H54N2O/c86-81(57-37-43-69-67-29-13-17-33-75(67)82(77(69)49-57)73-31-15-11-27-65(73)66-28-12-16-32-74(66)82)58-38-44-70-68-30-14-18-34-76(68)83(78(70)50-58)79-51-63(84(59-23-3-1-4-24-59)61-39-35-53-19-7-9-21-55(53)47-61)41-45-71(79)72-46-42-64(52-80(72)83)85(60-25-5-2-6-26-60)62-40-36-54-20-8-10-22-56(54)48-62/h1-41,43-45,47-52H,42,46H2. The van der Waals surface area contributed by atoms with E-state index in [1.807, 2.05) is 0 Å². The van der Waals surface area contributed by atoms with Crippen molar-refractivity contribution in [2.24, 2.45) is 0 Å². The molecule has 0 heterocycles. The molecule has 1 atom stereocenters. The van der Waals surface area contributed by atoms with E-state index >= 15 is 4.79 Å². The van der Waals surface area contributed by atoms with E-state index in [2.05, 4.69) is 313 Å². The van der Waals surface area contributed by atoms with Crippen molar-refractivity contribution in [2.45, 2.75) is 23.7 Å². The second-order valence-corrected chi connectivity index (χ2v) is 23.7. The Labute approximate surface area is 500 Å². The van der Waals surface area contributed by atoms with Crippen LogP contribution in [0, 0.1) is 0 Å². The van der Waals surface area contributed by atoms with Gasteiger partial charge in [-0.2, -0.15) is 0 Å². The third-order valence-corrected chi connectivity index (χ3v) is 19.5. The Kier molecular flexibility index (Phi) is 10.5. The zero-order chi connectivity index (χ0) is 56.7. The molecular weight excluding hydrogens is 1040 g/mol. The fourth-order valence-corrected chi connectivity index (χ4v) is 16.0. The van der Waals surface area contributed by atoms with E-state index in [0.717, 1.165) is 58.0 Å². The average Bonchev–Trinajstić information content (AvgIpc) is 1.52. The Morgan fingerprint density at radius 1 is 0.279 bits per heavy atom. The highest BCUT2D eigenvalue weighted by Crippen LogP contribution is 2.66. The van der Waals surface area contributed by atoms with Crippen LogP contribution >= 0.6 is 0 Å². The number of anilines is 5. The summed E-state index contributed by atoms with van der Waals surface area (Å²) in [5.74, 6) is 0.00606. The first-order chi connectivity index (χ1) is 42.6. The predicted molar refractivity (Wildman–Crippen MR) is 353 cm³/mol. The molecule has 0 radical (unpaired) electrons. The van der Waals surface area contributed by atoms with Crippen molar-refractivity contribution < 1.29 is 4.79 Å². The number of nitrogens with zero attached hydrogens (tertiary/aromatic N) is 2. The van der Waals surface area contributed by atoms with Gasteiger partial charge >= 0.3 is 0 Å². The van der Waals surface area contributed by atoms with E-state index < -0.39 is 10.8 Å². The van der Waals surface area contributed by atoms with Gasteiger partial charge in [-0.1, -0.05) is 224 Å². The summed E-state index contributed by atoms with van der Waals surface area (Å²) in [6.45, 7) is 0. The Morgan fingerprint density at radius 2 is 0.663 bits per heavy atom. The summed E-state index contributed by atoms with van der Waals surface area (Å²) in [5.41, 5.74) is 26.2. The maximum atomic E-state index is 16.1. The van der Waals surface area contributed by atoms with Crippen LogP contribution in [0.1, 0.15) is 73.3 Å². The van der Waals surface area contributed by atoms with Crippen LogP contribution in [0.2, 0.25) is 0 Å². The van der Waals surface area contributed by atoms with Gasteiger partial charge in [-0.15, -0.1) is 0 Å². The molecule has 86 heavy (non-hydrogen) atoms. The van der Waals surface area contributed by atoms with Gasteiger partial charge in [0, 0.05) is 45.3 Å². The Hall–Kier alpha value is -10.9. The smallest absolute Gasteiger partial charge is 0.193 e. The van der Waals surface area contributed by atoms with Crippen molar-refractivity contribution in [3.63, 3.8) is 0 Å². The Balaban J connectivity index is 0.859. The molecule has 3 nitrogen and oxygen atoms in total. The van der Waals surface area contributed by atoms with Gasteiger partial charge in [0.1, 0.15) is 0 Å². The molecule has 2 spiro atoms. The highest BCUT2D eigenvalue weighted by Gasteiger charge is 2.55. The average molecular weight is 1100 g/mol. The minimum atomic E-state index is -0.799. The number of hydrogen-bond acceptors (Lipinski definition) is 3. The quantitative estimate of drug-likeness (QED) is 0.142. The molecule has 18 rings (SSSR count). The number of rotatable bonds is 8. The molecule has 0 fully saturated rings. The van der Waals surface area contributed by atoms with Gasteiger partial charge in [-0.25, -0.2) is 0 Å². The third kappa shape index (κ3) is 6.77. The zero-order valence-corrected chi connectivity index (χ0v) is 47.1. The van der Waals surface area contributed by atoms with Crippen molar-refractivity contribution in [1.82, 2.24) is 0 Å². The summed E-state index contributed by atoms with van der Waals surface area (Å²) < 4.78 is 0. The van der Waals surface area contributed by atoms with Crippen molar-refractivity contribution in [2.75, 3.05) is 9.80 Å². The first kappa shape index (κ1) is 48.6. The van der Waals surface area contributed by atoms with Gasteiger partial charge in [0.25, 0.3) is 0 Å². The van der Waals surface area contributed by atoms with Crippen LogP contribution in [-0.4, -0.2) is 5.78 Å². The highest BCUT2D eigenvalue weighted by molar-refractivity contribution is 6.11. The second-order valence-electron chi connectivity index (χ2n) is 23.7. The highest BCUT2D eigenvalue weighted by atomic mass is 16.1. The lowest BCUT2D eigenvalue weighted by atomic mass is 9.68. The van der Waals surface area contributed by atoms with Crippen LogP contribution in [0.25, 0.3) is 60.5 Å². The molecule has 0 bridgehead atoms. The number of benzene rings is 13. The number of fused-ring (bicyclic) bond motifs is 21. The summed E-state index contributed by atoms with van der Waals surface area (Å²) in [7, 11) is 0.